The van der Waals surface area contributed by atoms with Crippen molar-refractivity contribution in [2.75, 3.05) is 20.3 Å². The predicted octanol–water partition coefficient (Wildman–Crippen LogP) is 1.62. The molecule has 1 aliphatic heterocycles. The molecule has 4 nitrogen and oxygen atoms in total. The van der Waals surface area contributed by atoms with Gasteiger partial charge in [-0.3, -0.25) is 4.57 Å². The van der Waals surface area contributed by atoms with Crippen molar-refractivity contribution in [1.82, 2.24) is 9.55 Å². The second-order valence-corrected chi connectivity index (χ2v) is 3.77. The minimum Gasteiger partial charge on any atom is -0.468 e. The predicted molar refractivity (Wildman–Crippen MR) is 51.0 cm³/mol. The van der Waals surface area contributed by atoms with E-state index in [0.29, 0.717) is 12.1 Å². The Balaban J connectivity index is 2.30. The molecule has 1 aliphatic rings. The fourth-order valence-corrected chi connectivity index (χ4v) is 2.08. The number of aromatic nitrogens is 2. The summed E-state index contributed by atoms with van der Waals surface area (Å²) in [6, 6.07) is 0.995. The molecule has 72 valence electrons. The lowest BCUT2D eigenvalue weighted by molar-refractivity contribution is 0.183. The van der Waals surface area contributed by atoms with Crippen LogP contribution < -0.4 is 4.74 Å². The van der Waals surface area contributed by atoms with Crippen LogP contribution in [-0.2, 0) is 4.74 Å². The Kier molecular flexibility index (Phi) is 2.55. The summed E-state index contributed by atoms with van der Waals surface area (Å²) in [5.41, 5.74) is 0. The van der Waals surface area contributed by atoms with Gasteiger partial charge in [-0.1, -0.05) is 0 Å². The molecule has 5 heteroatoms. The standard InChI is InChI=1S/C8H11BrN2O2/c1-12-8-10-4-7(9)11(8)6-2-3-13-5-6/h4,6H,2-3,5H2,1H3. The first-order valence-electron chi connectivity index (χ1n) is 4.17. The Morgan fingerprint density at radius 2 is 2.62 bits per heavy atom. The Hall–Kier alpha value is -0.550. The van der Waals surface area contributed by atoms with Gasteiger partial charge in [0.2, 0.25) is 0 Å². The zero-order valence-electron chi connectivity index (χ0n) is 7.36. The van der Waals surface area contributed by atoms with Crippen LogP contribution in [0.1, 0.15) is 12.5 Å². The average molecular weight is 247 g/mol. The molecular weight excluding hydrogens is 236 g/mol. The van der Waals surface area contributed by atoms with Gasteiger partial charge in [0.15, 0.2) is 0 Å². The van der Waals surface area contributed by atoms with Gasteiger partial charge in [-0.05, 0) is 22.4 Å². The molecule has 0 bridgehead atoms. The molecule has 2 rings (SSSR count). The van der Waals surface area contributed by atoms with Gasteiger partial charge in [-0.25, -0.2) is 4.98 Å². The van der Waals surface area contributed by atoms with Gasteiger partial charge in [-0.15, -0.1) is 0 Å². The van der Waals surface area contributed by atoms with E-state index in [1.807, 2.05) is 4.57 Å². The maximum atomic E-state index is 5.31. The summed E-state index contributed by atoms with van der Waals surface area (Å²) in [6.45, 7) is 1.56. The molecule has 1 aromatic heterocycles. The molecule has 1 aromatic rings. The van der Waals surface area contributed by atoms with Crippen LogP contribution in [0.4, 0.5) is 0 Å². The van der Waals surface area contributed by atoms with E-state index < -0.39 is 0 Å². The van der Waals surface area contributed by atoms with Crippen molar-refractivity contribution >= 4 is 15.9 Å². The first kappa shape index (κ1) is 9.02. The number of halogens is 1. The third-order valence-corrected chi connectivity index (χ3v) is 2.76. The number of rotatable bonds is 2. The fraction of sp³-hybridized carbons (Fsp3) is 0.625. The first-order valence-corrected chi connectivity index (χ1v) is 4.96. The highest BCUT2D eigenvalue weighted by molar-refractivity contribution is 9.10. The first-order chi connectivity index (χ1) is 6.33. The van der Waals surface area contributed by atoms with E-state index in [0.717, 1.165) is 24.2 Å². The number of hydrogen-bond donors (Lipinski definition) is 0. The lowest BCUT2D eigenvalue weighted by atomic mass is 10.3. The molecule has 0 radical (unpaired) electrons. The number of nitrogens with zero attached hydrogens (tertiary/aromatic N) is 2. The van der Waals surface area contributed by atoms with Crippen LogP contribution in [0, 0.1) is 0 Å². The smallest absolute Gasteiger partial charge is 0.297 e. The zero-order chi connectivity index (χ0) is 9.26. The maximum absolute atomic E-state index is 5.31. The molecular formula is C8H11BrN2O2. The van der Waals surface area contributed by atoms with E-state index in [4.69, 9.17) is 9.47 Å². The Labute approximate surface area is 85.0 Å². The van der Waals surface area contributed by atoms with E-state index in [1.165, 1.54) is 0 Å². The van der Waals surface area contributed by atoms with Crippen molar-refractivity contribution in [1.29, 1.82) is 0 Å². The van der Waals surface area contributed by atoms with Gasteiger partial charge in [0, 0.05) is 6.61 Å². The third kappa shape index (κ3) is 1.58. The van der Waals surface area contributed by atoms with Gasteiger partial charge in [0.25, 0.3) is 6.01 Å². The number of methoxy groups -OCH3 is 1. The highest BCUT2D eigenvalue weighted by atomic mass is 79.9. The lowest BCUT2D eigenvalue weighted by Crippen LogP contribution is -2.10. The van der Waals surface area contributed by atoms with Crippen molar-refractivity contribution in [3.63, 3.8) is 0 Å². The zero-order valence-corrected chi connectivity index (χ0v) is 8.95. The van der Waals surface area contributed by atoms with Crippen LogP contribution in [0.3, 0.4) is 0 Å². The van der Waals surface area contributed by atoms with Gasteiger partial charge in [-0.2, -0.15) is 0 Å². The molecule has 0 aliphatic carbocycles. The second kappa shape index (κ2) is 3.67. The Morgan fingerprint density at radius 1 is 1.77 bits per heavy atom. The Bertz CT molecular complexity index is 294. The summed E-state index contributed by atoms with van der Waals surface area (Å²) in [7, 11) is 1.63. The van der Waals surface area contributed by atoms with Crippen LogP contribution in [-0.4, -0.2) is 29.9 Å². The number of imidazole rings is 1. The fourth-order valence-electron chi connectivity index (χ4n) is 1.53. The SMILES string of the molecule is COc1ncc(Br)n1C1CCOC1. The van der Waals surface area contributed by atoms with Crippen LogP contribution >= 0.6 is 15.9 Å². The molecule has 1 saturated heterocycles. The summed E-state index contributed by atoms with van der Waals surface area (Å²) in [4.78, 5) is 4.12. The van der Waals surface area contributed by atoms with Crippen molar-refractivity contribution in [2.24, 2.45) is 0 Å². The summed E-state index contributed by atoms with van der Waals surface area (Å²) in [5.74, 6) is 0. The third-order valence-electron chi connectivity index (χ3n) is 2.17. The summed E-state index contributed by atoms with van der Waals surface area (Å²) in [6.07, 6.45) is 2.77. The van der Waals surface area contributed by atoms with E-state index in [1.54, 1.807) is 13.3 Å². The van der Waals surface area contributed by atoms with E-state index in [-0.39, 0.29) is 0 Å². The molecule has 1 fully saturated rings. The van der Waals surface area contributed by atoms with Crippen molar-refractivity contribution < 1.29 is 9.47 Å². The average Bonchev–Trinajstić information content (AvgIpc) is 2.72. The molecule has 1 atom stereocenters. The maximum Gasteiger partial charge on any atom is 0.297 e. The molecule has 0 N–H and O–H groups in total. The highest BCUT2D eigenvalue weighted by Gasteiger charge is 2.22. The molecule has 0 amide bonds. The van der Waals surface area contributed by atoms with Gasteiger partial charge in [0.05, 0.1) is 26.0 Å². The Morgan fingerprint density at radius 3 is 3.23 bits per heavy atom. The number of ether oxygens (including phenoxy) is 2. The van der Waals surface area contributed by atoms with Crippen molar-refractivity contribution in [2.45, 2.75) is 12.5 Å². The van der Waals surface area contributed by atoms with Crippen LogP contribution in [0.15, 0.2) is 10.8 Å². The molecule has 1 unspecified atom stereocenters. The van der Waals surface area contributed by atoms with Crippen molar-refractivity contribution in [3.8, 4) is 6.01 Å². The van der Waals surface area contributed by atoms with Gasteiger partial charge < -0.3 is 9.47 Å². The molecule has 0 spiro atoms. The second-order valence-electron chi connectivity index (χ2n) is 2.96. The van der Waals surface area contributed by atoms with E-state index >= 15 is 0 Å². The molecule has 0 saturated carbocycles. The van der Waals surface area contributed by atoms with E-state index in [2.05, 4.69) is 20.9 Å². The molecule has 13 heavy (non-hydrogen) atoms. The number of hydrogen-bond acceptors (Lipinski definition) is 3. The monoisotopic (exact) mass is 246 g/mol. The molecule has 0 aromatic carbocycles. The lowest BCUT2D eigenvalue weighted by Gasteiger charge is -2.13. The van der Waals surface area contributed by atoms with Crippen LogP contribution in [0.5, 0.6) is 6.01 Å². The van der Waals surface area contributed by atoms with Gasteiger partial charge >= 0.3 is 0 Å². The quantitative estimate of drug-likeness (QED) is 0.796. The molecule has 2 heterocycles. The topological polar surface area (TPSA) is 36.3 Å². The summed E-state index contributed by atoms with van der Waals surface area (Å²) < 4.78 is 13.4. The van der Waals surface area contributed by atoms with Gasteiger partial charge in [0.1, 0.15) is 4.60 Å². The van der Waals surface area contributed by atoms with Crippen molar-refractivity contribution in [3.05, 3.63) is 10.8 Å². The van der Waals surface area contributed by atoms with Crippen LogP contribution in [0.25, 0.3) is 0 Å². The summed E-state index contributed by atoms with van der Waals surface area (Å²) in [5, 5.41) is 0. The minimum absolute atomic E-state index is 0.354. The normalized spacial score (nSPS) is 22.2. The highest BCUT2D eigenvalue weighted by Crippen LogP contribution is 2.28. The van der Waals surface area contributed by atoms with Crippen LogP contribution in [0.2, 0.25) is 0 Å². The summed E-state index contributed by atoms with van der Waals surface area (Å²) >= 11 is 3.43. The largest absolute Gasteiger partial charge is 0.468 e. The minimum atomic E-state index is 0.354. The van der Waals surface area contributed by atoms with E-state index in [9.17, 15) is 0 Å².